The van der Waals surface area contributed by atoms with Gasteiger partial charge in [0.1, 0.15) is 24.1 Å². The number of rotatable bonds is 5. The van der Waals surface area contributed by atoms with Crippen LogP contribution in [-0.4, -0.2) is 72.5 Å². The second kappa shape index (κ2) is 7.78. The molecular formula is C17H23N7O3. The Balaban J connectivity index is 1.88. The lowest BCUT2D eigenvalue weighted by Crippen LogP contribution is -2.48. The molecule has 1 saturated heterocycles. The summed E-state index contributed by atoms with van der Waals surface area (Å²) in [7, 11) is 1.52. The number of carbonyl (C=O) groups excluding carboxylic acids is 2. The number of nitrogens with zero attached hydrogens (tertiary/aromatic N) is 6. The summed E-state index contributed by atoms with van der Waals surface area (Å²) in [6.45, 7) is 3.92. The third kappa shape index (κ3) is 3.80. The molecule has 10 nitrogen and oxygen atoms in total. The van der Waals surface area contributed by atoms with Gasteiger partial charge in [-0.1, -0.05) is 19.1 Å². The maximum Gasteiger partial charge on any atom is 0.248 e. The summed E-state index contributed by atoms with van der Waals surface area (Å²) < 4.78 is 1.50. The maximum absolute atomic E-state index is 13.2. The van der Waals surface area contributed by atoms with E-state index < -0.39 is 18.2 Å². The third-order valence-corrected chi connectivity index (χ3v) is 4.65. The zero-order chi connectivity index (χ0) is 19.6. The van der Waals surface area contributed by atoms with E-state index in [2.05, 4.69) is 25.6 Å². The highest BCUT2D eigenvalue weighted by atomic mass is 16.3. The Morgan fingerprint density at radius 3 is 2.63 bits per heavy atom. The Morgan fingerprint density at radius 2 is 2.00 bits per heavy atom. The van der Waals surface area contributed by atoms with Crippen molar-refractivity contribution < 1.29 is 14.7 Å². The Kier molecular flexibility index (Phi) is 5.45. The van der Waals surface area contributed by atoms with Gasteiger partial charge in [0.2, 0.25) is 11.8 Å². The van der Waals surface area contributed by atoms with Gasteiger partial charge >= 0.3 is 0 Å². The first-order valence-corrected chi connectivity index (χ1v) is 8.79. The highest BCUT2D eigenvalue weighted by molar-refractivity contribution is 5.90. The fourth-order valence-electron chi connectivity index (χ4n) is 3.32. The van der Waals surface area contributed by atoms with Crippen LogP contribution in [0.2, 0.25) is 0 Å². The number of hydrogen-bond donors (Lipinski definition) is 2. The number of carbonyl (C=O) groups is 2. The van der Waals surface area contributed by atoms with Crippen molar-refractivity contribution in [1.29, 1.82) is 0 Å². The summed E-state index contributed by atoms with van der Waals surface area (Å²) in [5.41, 5.74) is 1.25. The molecule has 0 bridgehead atoms. The number of β-amino-alcohol motifs (C(OH)–C–C–N with tert-alkyl or cyclic N) is 1. The van der Waals surface area contributed by atoms with Gasteiger partial charge in [0.05, 0.1) is 12.3 Å². The third-order valence-electron chi connectivity index (χ3n) is 4.65. The number of amides is 2. The largest absolute Gasteiger partial charge is 0.391 e. The van der Waals surface area contributed by atoms with E-state index in [0.717, 1.165) is 0 Å². The van der Waals surface area contributed by atoms with Crippen molar-refractivity contribution >= 4 is 11.8 Å². The number of nitrogens with one attached hydrogen (secondary N) is 1. The number of aliphatic hydroxyl groups excluding tert-OH is 1. The van der Waals surface area contributed by atoms with Crippen LogP contribution in [0, 0.1) is 5.92 Å². The molecule has 0 aromatic carbocycles. The predicted octanol–water partition coefficient (Wildman–Crippen LogP) is -0.360. The van der Waals surface area contributed by atoms with E-state index in [4.69, 9.17) is 0 Å². The number of aromatic nitrogens is 5. The standard InChI is InChI=1S/C17H23N7O3/c1-10(2)15(17(27)23-7-12(25)4-14(23)16(26)18-3)24-8-13(21-22-24)11-5-19-9-20-6-11/h5-6,8-10,12,14-15,25H,4,7H2,1-3H3,(H,18,26)/t12?,14-,15?/m1/s1. The van der Waals surface area contributed by atoms with Crippen LogP contribution < -0.4 is 5.32 Å². The smallest absolute Gasteiger partial charge is 0.248 e. The van der Waals surface area contributed by atoms with Gasteiger partial charge in [0.15, 0.2) is 0 Å². The summed E-state index contributed by atoms with van der Waals surface area (Å²) in [4.78, 5) is 34.7. The van der Waals surface area contributed by atoms with Crippen LogP contribution >= 0.6 is 0 Å². The second-order valence-corrected chi connectivity index (χ2v) is 6.91. The van der Waals surface area contributed by atoms with Gasteiger partial charge in [-0.05, 0) is 5.92 Å². The van der Waals surface area contributed by atoms with Crippen LogP contribution in [0.5, 0.6) is 0 Å². The fourth-order valence-corrected chi connectivity index (χ4v) is 3.32. The molecule has 0 saturated carbocycles. The van der Waals surface area contributed by atoms with Gasteiger partial charge in [0.25, 0.3) is 0 Å². The van der Waals surface area contributed by atoms with Crippen molar-refractivity contribution in [3.05, 3.63) is 24.9 Å². The van der Waals surface area contributed by atoms with Crippen LogP contribution in [0.4, 0.5) is 0 Å². The van der Waals surface area contributed by atoms with Gasteiger partial charge in [0, 0.05) is 38.0 Å². The molecule has 144 valence electrons. The molecule has 0 spiro atoms. The molecule has 0 radical (unpaired) electrons. The Hall–Kier alpha value is -2.88. The van der Waals surface area contributed by atoms with Crippen LogP contribution in [-0.2, 0) is 9.59 Å². The highest BCUT2D eigenvalue weighted by Gasteiger charge is 2.42. The van der Waals surface area contributed by atoms with Crippen molar-refractivity contribution in [2.45, 2.75) is 38.5 Å². The van der Waals surface area contributed by atoms with Crippen molar-refractivity contribution in [2.75, 3.05) is 13.6 Å². The van der Waals surface area contributed by atoms with Crippen LogP contribution in [0.3, 0.4) is 0 Å². The second-order valence-electron chi connectivity index (χ2n) is 6.91. The number of likely N-dealkylation sites (tertiary alicyclic amines) is 1. The van der Waals surface area contributed by atoms with Crippen LogP contribution in [0.15, 0.2) is 24.9 Å². The molecule has 3 rings (SSSR count). The molecule has 1 aliphatic rings. The molecule has 2 amide bonds. The fraction of sp³-hybridized carbons (Fsp3) is 0.529. The molecule has 1 aliphatic heterocycles. The summed E-state index contributed by atoms with van der Waals surface area (Å²) in [6.07, 6.45) is 5.82. The molecule has 2 aromatic rings. The first-order chi connectivity index (χ1) is 12.9. The number of aliphatic hydroxyl groups is 1. The van der Waals surface area contributed by atoms with Crippen molar-refractivity contribution in [2.24, 2.45) is 5.92 Å². The molecule has 3 heterocycles. The lowest BCUT2D eigenvalue weighted by atomic mass is 10.0. The first kappa shape index (κ1) is 18.9. The molecule has 2 unspecified atom stereocenters. The average Bonchev–Trinajstić information content (AvgIpc) is 3.28. The Bertz CT molecular complexity index is 808. The first-order valence-electron chi connectivity index (χ1n) is 8.79. The lowest BCUT2D eigenvalue weighted by molar-refractivity contribution is -0.142. The Morgan fingerprint density at radius 1 is 1.30 bits per heavy atom. The van der Waals surface area contributed by atoms with Gasteiger partial charge in [-0.15, -0.1) is 5.10 Å². The van der Waals surface area contributed by atoms with Gasteiger partial charge in [-0.2, -0.15) is 0 Å². The monoisotopic (exact) mass is 373 g/mol. The molecular weight excluding hydrogens is 350 g/mol. The molecule has 27 heavy (non-hydrogen) atoms. The molecule has 2 aromatic heterocycles. The van der Waals surface area contributed by atoms with E-state index in [0.29, 0.717) is 11.3 Å². The van der Waals surface area contributed by atoms with Crippen LogP contribution in [0.1, 0.15) is 26.3 Å². The average molecular weight is 373 g/mol. The SMILES string of the molecule is CNC(=O)[C@H]1CC(O)CN1C(=O)C(C(C)C)n1cc(-c2cncnc2)nn1. The van der Waals surface area contributed by atoms with Crippen molar-refractivity contribution in [3.8, 4) is 11.3 Å². The summed E-state index contributed by atoms with van der Waals surface area (Å²) in [5, 5.41) is 20.8. The predicted molar refractivity (Wildman–Crippen MR) is 95.1 cm³/mol. The van der Waals surface area contributed by atoms with E-state index in [1.165, 1.54) is 23.0 Å². The quantitative estimate of drug-likeness (QED) is 0.733. The minimum Gasteiger partial charge on any atom is -0.391 e. The van der Waals surface area contributed by atoms with E-state index in [9.17, 15) is 14.7 Å². The van der Waals surface area contributed by atoms with E-state index >= 15 is 0 Å². The minimum absolute atomic E-state index is 0.0952. The van der Waals surface area contributed by atoms with E-state index in [-0.39, 0.29) is 30.7 Å². The zero-order valence-corrected chi connectivity index (χ0v) is 15.5. The van der Waals surface area contributed by atoms with Crippen LogP contribution in [0.25, 0.3) is 11.3 Å². The summed E-state index contributed by atoms with van der Waals surface area (Å²) in [5.74, 6) is -0.652. The van der Waals surface area contributed by atoms with Crippen molar-refractivity contribution in [1.82, 2.24) is 35.2 Å². The Labute approximate surface area is 156 Å². The number of likely N-dealkylation sites (N-methyl/N-ethyl adjacent to an activating group) is 1. The maximum atomic E-state index is 13.2. The summed E-state index contributed by atoms with van der Waals surface area (Å²) >= 11 is 0. The molecule has 10 heteroatoms. The number of hydrogen-bond acceptors (Lipinski definition) is 7. The van der Waals surface area contributed by atoms with E-state index in [1.807, 2.05) is 13.8 Å². The minimum atomic E-state index is -0.725. The topological polar surface area (TPSA) is 126 Å². The highest BCUT2D eigenvalue weighted by Crippen LogP contribution is 2.27. The molecule has 2 N–H and O–H groups in total. The summed E-state index contributed by atoms with van der Waals surface area (Å²) in [6, 6.07) is -1.34. The van der Waals surface area contributed by atoms with E-state index in [1.54, 1.807) is 18.6 Å². The zero-order valence-electron chi connectivity index (χ0n) is 15.5. The van der Waals surface area contributed by atoms with Gasteiger partial charge < -0.3 is 15.3 Å². The van der Waals surface area contributed by atoms with Crippen molar-refractivity contribution in [3.63, 3.8) is 0 Å². The van der Waals surface area contributed by atoms with Gasteiger partial charge in [-0.3, -0.25) is 9.59 Å². The normalized spacial score (nSPS) is 20.7. The molecule has 3 atom stereocenters. The molecule has 1 fully saturated rings. The van der Waals surface area contributed by atoms with Gasteiger partial charge in [-0.25, -0.2) is 14.6 Å². The lowest BCUT2D eigenvalue weighted by Gasteiger charge is -2.29. The molecule has 0 aliphatic carbocycles.